The highest BCUT2D eigenvalue weighted by molar-refractivity contribution is 5.75. The van der Waals surface area contributed by atoms with Crippen LogP contribution in [-0.4, -0.2) is 22.4 Å². The molecule has 0 saturated carbocycles. The molecule has 0 bridgehead atoms. The van der Waals surface area contributed by atoms with Crippen LogP contribution in [0.3, 0.4) is 0 Å². The first-order chi connectivity index (χ1) is 7.99. The van der Waals surface area contributed by atoms with E-state index in [1.807, 2.05) is 12.1 Å². The van der Waals surface area contributed by atoms with Crippen molar-refractivity contribution in [1.29, 1.82) is 0 Å². The number of carbonyl (C=O) groups excluding carboxylic acids is 1. The maximum Gasteiger partial charge on any atom is 0.419 e. The first-order valence-corrected chi connectivity index (χ1v) is 5.29. The van der Waals surface area contributed by atoms with Crippen LogP contribution in [0.15, 0.2) is 27.4 Å². The van der Waals surface area contributed by atoms with Crippen LogP contribution in [0.25, 0.3) is 11.1 Å². The lowest BCUT2D eigenvalue weighted by atomic mass is 10.2. The fourth-order valence-electron chi connectivity index (χ4n) is 1.66. The number of carbonyl (C=O) groups is 1. The molecule has 17 heavy (non-hydrogen) atoms. The van der Waals surface area contributed by atoms with E-state index in [-0.39, 0.29) is 11.7 Å². The number of nitrogens with zero attached hydrogens (tertiary/aromatic N) is 2. The second-order valence-corrected chi connectivity index (χ2v) is 4.10. The Hall–Kier alpha value is -2.04. The fraction of sp³-hybridized carbons (Fsp3) is 0.333. The van der Waals surface area contributed by atoms with E-state index in [0.29, 0.717) is 12.1 Å². The standard InChI is InChI=1S/C12H14N2O3/c1-8(15)13(2)7-9-4-5-11-10(6-9)14(3)12(16)17-11/h4-6H,7H2,1-3H3. The highest BCUT2D eigenvalue weighted by atomic mass is 16.4. The number of rotatable bonds is 2. The predicted molar refractivity (Wildman–Crippen MR) is 63.6 cm³/mol. The topological polar surface area (TPSA) is 55.5 Å². The van der Waals surface area contributed by atoms with Gasteiger partial charge in [-0.3, -0.25) is 9.36 Å². The molecular formula is C12H14N2O3. The molecule has 0 N–H and O–H groups in total. The molecule has 1 heterocycles. The average Bonchev–Trinajstić information content (AvgIpc) is 2.55. The molecule has 0 radical (unpaired) electrons. The van der Waals surface area contributed by atoms with E-state index in [0.717, 1.165) is 11.1 Å². The Kier molecular flexibility index (Phi) is 2.75. The van der Waals surface area contributed by atoms with Crippen molar-refractivity contribution in [2.75, 3.05) is 7.05 Å². The molecule has 0 atom stereocenters. The Labute approximate surface area is 98.2 Å². The molecule has 5 heteroatoms. The molecule has 1 aromatic heterocycles. The monoisotopic (exact) mass is 234 g/mol. The van der Waals surface area contributed by atoms with E-state index in [4.69, 9.17) is 4.42 Å². The van der Waals surface area contributed by atoms with E-state index in [1.54, 1.807) is 25.1 Å². The number of benzene rings is 1. The van der Waals surface area contributed by atoms with Crippen molar-refractivity contribution in [2.24, 2.45) is 7.05 Å². The molecule has 0 aliphatic rings. The number of fused-ring (bicyclic) bond motifs is 1. The Balaban J connectivity index is 2.40. The van der Waals surface area contributed by atoms with Crippen molar-refractivity contribution < 1.29 is 9.21 Å². The summed E-state index contributed by atoms with van der Waals surface area (Å²) in [6.45, 7) is 2.04. The van der Waals surface area contributed by atoms with Crippen LogP contribution in [-0.2, 0) is 18.4 Å². The van der Waals surface area contributed by atoms with Crippen LogP contribution in [0.5, 0.6) is 0 Å². The molecule has 0 saturated heterocycles. The lowest BCUT2D eigenvalue weighted by molar-refractivity contribution is -0.128. The van der Waals surface area contributed by atoms with E-state index in [9.17, 15) is 9.59 Å². The smallest absolute Gasteiger partial charge is 0.408 e. The predicted octanol–water partition coefficient (Wildman–Crippen LogP) is 1.11. The van der Waals surface area contributed by atoms with Crippen LogP contribution in [0.4, 0.5) is 0 Å². The maximum atomic E-state index is 11.3. The molecule has 1 aromatic carbocycles. The Bertz CT molecular complexity index is 624. The normalized spacial score (nSPS) is 10.8. The second-order valence-electron chi connectivity index (χ2n) is 4.10. The van der Waals surface area contributed by atoms with Gasteiger partial charge in [0.2, 0.25) is 5.91 Å². The average molecular weight is 234 g/mol. The van der Waals surface area contributed by atoms with E-state index in [2.05, 4.69) is 0 Å². The maximum absolute atomic E-state index is 11.3. The van der Waals surface area contributed by atoms with Gasteiger partial charge in [0.1, 0.15) is 0 Å². The van der Waals surface area contributed by atoms with Gasteiger partial charge >= 0.3 is 5.76 Å². The lowest BCUT2D eigenvalue weighted by Gasteiger charge is -2.14. The van der Waals surface area contributed by atoms with Gasteiger partial charge in [0, 0.05) is 27.6 Å². The number of aryl methyl sites for hydroxylation is 1. The fourth-order valence-corrected chi connectivity index (χ4v) is 1.66. The lowest BCUT2D eigenvalue weighted by Crippen LogP contribution is -2.22. The molecule has 0 aliphatic heterocycles. The second kappa shape index (κ2) is 4.08. The third-order valence-corrected chi connectivity index (χ3v) is 2.81. The van der Waals surface area contributed by atoms with Crippen LogP contribution in [0.2, 0.25) is 0 Å². The summed E-state index contributed by atoms with van der Waals surface area (Å²) in [5.74, 6) is -0.372. The summed E-state index contributed by atoms with van der Waals surface area (Å²) in [5, 5.41) is 0. The summed E-state index contributed by atoms with van der Waals surface area (Å²) in [4.78, 5) is 24.1. The Morgan fingerprint density at radius 2 is 2.18 bits per heavy atom. The minimum atomic E-state index is -0.378. The largest absolute Gasteiger partial charge is 0.419 e. The van der Waals surface area contributed by atoms with Crippen molar-refractivity contribution in [3.05, 3.63) is 34.3 Å². The van der Waals surface area contributed by atoms with E-state index in [1.165, 1.54) is 11.5 Å². The van der Waals surface area contributed by atoms with Gasteiger partial charge in [-0.25, -0.2) is 4.79 Å². The highest BCUT2D eigenvalue weighted by Crippen LogP contribution is 2.15. The Morgan fingerprint density at radius 1 is 1.47 bits per heavy atom. The molecule has 2 rings (SSSR count). The van der Waals surface area contributed by atoms with Crippen LogP contribution < -0.4 is 5.76 Å². The van der Waals surface area contributed by atoms with Gasteiger partial charge in [0.25, 0.3) is 0 Å². The third kappa shape index (κ3) is 2.08. The molecule has 1 amide bonds. The Morgan fingerprint density at radius 3 is 2.82 bits per heavy atom. The van der Waals surface area contributed by atoms with Gasteiger partial charge < -0.3 is 9.32 Å². The van der Waals surface area contributed by atoms with Crippen LogP contribution in [0, 0.1) is 0 Å². The number of aromatic nitrogens is 1. The third-order valence-electron chi connectivity index (χ3n) is 2.81. The molecule has 5 nitrogen and oxygen atoms in total. The van der Waals surface area contributed by atoms with Crippen molar-refractivity contribution >= 4 is 17.0 Å². The zero-order valence-corrected chi connectivity index (χ0v) is 10.1. The summed E-state index contributed by atoms with van der Waals surface area (Å²) < 4.78 is 6.48. The number of hydrogen-bond donors (Lipinski definition) is 0. The van der Waals surface area contributed by atoms with E-state index < -0.39 is 0 Å². The van der Waals surface area contributed by atoms with E-state index >= 15 is 0 Å². The first kappa shape index (κ1) is 11.4. The van der Waals surface area contributed by atoms with Gasteiger partial charge in [-0.2, -0.15) is 0 Å². The first-order valence-electron chi connectivity index (χ1n) is 5.29. The number of amides is 1. The van der Waals surface area contributed by atoms with Crippen LogP contribution >= 0.6 is 0 Å². The quantitative estimate of drug-likeness (QED) is 0.782. The van der Waals surface area contributed by atoms with Crippen molar-refractivity contribution in [3.8, 4) is 0 Å². The summed E-state index contributed by atoms with van der Waals surface area (Å²) >= 11 is 0. The van der Waals surface area contributed by atoms with Gasteiger partial charge in [0.05, 0.1) is 5.52 Å². The highest BCUT2D eigenvalue weighted by Gasteiger charge is 2.08. The summed E-state index contributed by atoms with van der Waals surface area (Å²) in [7, 11) is 3.40. The number of hydrogen-bond acceptors (Lipinski definition) is 3. The molecule has 0 fully saturated rings. The number of oxazole rings is 1. The minimum Gasteiger partial charge on any atom is -0.408 e. The zero-order chi connectivity index (χ0) is 12.6. The molecule has 0 spiro atoms. The van der Waals surface area contributed by atoms with Crippen molar-refractivity contribution in [3.63, 3.8) is 0 Å². The summed E-state index contributed by atoms with van der Waals surface area (Å²) in [6, 6.07) is 5.46. The van der Waals surface area contributed by atoms with Gasteiger partial charge in [0.15, 0.2) is 5.58 Å². The summed E-state index contributed by atoms with van der Waals surface area (Å²) in [5.41, 5.74) is 2.27. The zero-order valence-electron chi connectivity index (χ0n) is 10.1. The van der Waals surface area contributed by atoms with Crippen LogP contribution in [0.1, 0.15) is 12.5 Å². The summed E-state index contributed by atoms with van der Waals surface area (Å²) in [6.07, 6.45) is 0. The molecule has 0 unspecified atom stereocenters. The minimum absolute atomic E-state index is 0.00572. The van der Waals surface area contributed by atoms with Gasteiger partial charge in [-0.1, -0.05) is 6.07 Å². The molecular weight excluding hydrogens is 220 g/mol. The SMILES string of the molecule is CC(=O)N(C)Cc1ccc2oc(=O)n(C)c2c1. The van der Waals surface area contributed by atoms with Gasteiger partial charge in [-0.05, 0) is 17.7 Å². The molecule has 90 valence electrons. The molecule has 0 aliphatic carbocycles. The van der Waals surface area contributed by atoms with Crippen molar-refractivity contribution in [2.45, 2.75) is 13.5 Å². The van der Waals surface area contributed by atoms with Gasteiger partial charge in [-0.15, -0.1) is 0 Å². The molecule has 2 aromatic rings. The van der Waals surface area contributed by atoms with Crippen molar-refractivity contribution in [1.82, 2.24) is 9.47 Å².